The van der Waals surface area contributed by atoms with Gasteiger partial charge in [-0.2, -0.15) is 5.10 Å². The van der Waals surface area contributed by atoms with Crippen LogP contribution in [0.5, 0.6) is 11.5 Å². The number of aliphatic hydroxyl groups is 1. The van der Waals surface area contributed by atoms with Crippen LogP contribution in [0.3, 0.4) is 0 Å². The zero-order valence-electron chi connectivity index (χ0n) is 11.3. The van der Waals surface area contributed by atoms with Crippen LogP contribution in [0.1, 0.15) is 24.3 Å². The minimum Gasteiger partial charge on any atom is -0.493 e. The molecule has 102 valence electrons. The van der Waals surface area contributed by atoms with E-state index < -0.39 is 6.10 Å². The molecule has 0 amide bonds. The summed E-state index contributed by atoms with van der Waals surface area (Å²) in [7, 11) is 3.13. The van der Waals surface area contributed by atoms with Crippen LogP contribution in [0.4, 0.5) is 0 Å². The summed E-state index contributed by atoms with van der Waals surface area (Å²) < 4.78 is 12.3. The molecule has 19 heavy (non-hydrogen) atoms. The minimum absolute atomic E-state index is 0.543. The van der Waals surface area contributed by atoms with Crippen LogP contribution < -0.4 is 9.47 Å². The fourth-order valence-corrected chi connectivity index (χ4v) is 2.13. The van der Waals surface area contributed by atoms with Crippen LogP contribution in [0, 0.1) is 0 Å². The Morgan fingerprint density at radius 1 is 1.26 bits per heavy atom. The smallest absolute Gasteiger partial charge is 0.166 e. The van der Waals surface area contributed by atoms with E-state index in [0.717, 1.165) is 5.69 Å². The van der Waals surface area contributed by atoms with Gasteiger partial charge >= 0.3 is 0 Å². The van der Waals surface area contributed by atoms with Crippen molar-refractivity contribution in [3.05, 3.63) is 41.7 Å². The Labute approximate surface area is 112 Å². The third-order valence-electron chi connectivity index (χ3n) is 3.06. The molecule has 1 heterocycles. The van der Waals surface area contributed by atoms with Gasteiger partial charge in [0, 0.05) is 18.3 Å². The molecule has 0 aliphatic carbocycles. The van der Waals surface area contributed by atoms with Crippen LogP contribution >= 0.6 is 0 Å². The second kappa shape index (κ2) is 5.75. The highest BCUT2D eigenvalue weighted by Crippen LogP contribution is 2.36. The van der Waals surface area contributed by atoms with Gasteiger partial charge in [-0.05, 0) is 19.1 Å². The molecular weight excluding hydrogens is 244 g/mol. The zero-order valence-corrected chi connectivity index (χ0v) is 11.3. The molecule has 0 radical (unpaired) electrons. The number of benzene rings is 1. The predicted molar refractivity (Wildman–Crippen MR) is 71.5 cm³/mol. The van der Waals surface area contributed by atoms with Crippen molar-refractivity contribution in [3.63, 3.8) is 0 Å². The summed E-state index contributed by atoms with van der Waals surface area (Å²) in [5.74, 6) is 1.14. The van der Waals surface area contributed by atoms with E-state index in [0.29, 0.717) is 23.6 Å². The molecule has 0 aliphatic heterocycles. The van der Waals surface area contributed by atoms with Gasteiger partial charge in [-0.3, -0.25) is 4.68 Å². The van der Waals surface area contributed by atoms with E-state index in [1.807, 2.05) is 19.1 Å². The van der Waals surface area contributed by atoms with Gasteiger partial charge in [-0.15, -0.1) is 0 Å². The quantitative estimate of drug-likeness (QED) is 0.895. The Morgan fingerprint density at radius 3 is 2.68 bits per heavy atom. The first-order chi connectivity index (χ1) is 9.22. The SMILES string of the molecule is CCn1nccc1C(O)c1cccc(OC)c1OC. The van der Waals surface area contributed by atoms with Crippen molar-refractivity contribution in [2.75, 3.05) is 14.2 Å². The van der Waals surface area contributed by atoms with Crippen LogP contribution in [0.2, 0.25) is 0 Å². The van der Waals surface area contributed by atoms with E-state index in [2.05, 4.69) is 5.10 Å². The summed E-state index contributed by atoms with van der Waals surface area (Å²) >= 11 is 0. The number of hydrogen-bond acceptors (Lipinski definition) is 4. The van der Waals surface area contributed by atoms with Gasteiger partial charge in [-0.1, -0.05) is 12.1 Å². The fourth-order valence-electron chi connectivity index (χ4n) is 2.13. The molecule has 1 aromatic carbocycles. The number of methoxy groups -OCH3 is 2. The van der Waals surface area contributed by atoms with Crippen LogP contribution in [0.15, 0.2) is 30.5 Å². The van der Waals surface area contributed by atoms with Crippen molar-refractivity contribution in [1.29, 1.82) is 0 Å². The molecule has 1 atom stereocenters. The Balaban J connectivity index is 2.46. The molecule has 2 rings (SSSR count). The van der Waals surface area contributed by atoms with Crippen LogP contribution in [-0.4, -0.2) is 29.1 Å². The molecule has 0 fully saturated rings. The molecular formula is C14H18N2O3. The lowest BCUT2D eigenvalue weighted by Crippen LogP contribution is -2.10. The van der Waals surface area contributed by atoms with E-state index in [1.165, 1.54) is 0 Å². The van der Waals surface area contributed by atoms with Gasteiger partial charge in [0.05, 0.1) is 19.9 Å². The molecule has 5 nitrogen and oxygen atoms in total. The standard InChI is InChI=1S/C14H18N2O3/c1-4-16-11(8-9-15-16)13(17)10-6-5-7-12(18-2)14(10)19-3/h5-9,13,17H,4H2,1-3H3. The molecule has 0 saturated heterocycles. The highest BCUT2D eigenvalue weighted by Gasteiger charge is 2.21. The molecule has 2 aromatic rings. The lowest BCUT2D eigenvalue weighted by atomic mass is 10.0. The Kier molecular flexibility index (Phi) is 4.06. The summed E-state index contributed by atoms with van der Waals surface area (Å²) in [6.07, 6.45) is 0.877. The van der Waals surface area contributed by atoms with Gasteiger partial charge < -0.3 is 14.6 Å². The number of aromatic nitrogens is 2. The normalized spacial score (nSPS) is 12.2. The number of rotatable bonds is 5. The van der Waals surface area contributed by atoms with Crippen molar-refractivity contribution >= 4 is 0 Å². The second-order valence-corrected chi connectivity index (χ2v) is 4.06. The van der Waals surface area contributed by atoms with Crippen LogP contribution in [0.25, 0.3) is 0 Å². The third kappa shape index (κ3) is 2.42. The second-order valence-electron chi connectivity index (χ2n) is 4.06. The Hall–Kier alpha value is -2.01. The molecule has 0 saturated carbocycles. The van der Waals surface area contributed by atoms with E-state index >= 15 is 0 Å². The van der Waals surface area contributed by atoms with E-state index in [1.54, 1.807) is 37.2 Å². The minimum atomic E-state index is -0.799. The van der Waals surface area contributed by atoms with Crippen molar-refractivity contribution < 1.29 is 14.6 Å². The number of hydrogen-bond donors (Lipinski definition) is 1. The number of para-hydroxylation sites is 1. The Bertz CT molecular complexity index is 551. The molecule has 0 spiro atoms. The van der Waals surface area contributed by atoms with Crippen molar-refractivity contribution in [2.45, 2.75) is 19.6 Å². The van der Waals surface area contributed by atoms with E-state index in [-0.39, 0.29) is 0 Å². The first-order valence-corrected chi connectivity index (χ1v) is 6.13. The summed E-state index contributed by atoms with van der Waals surface area (Å²) in [5, 5.41) is 14.7. The first kappa shape index (κ1) is 13.4. The molecule has 1 unspecified atom stereocenters. The average molecular weight is 262 g/mol. The fraction of sp³-hybridized carbons (Fsp3) is 0.357. The maximum atomic E-state index is 10.5. The lowest BCUT2D eigenvalue weighted by molar-refractivity contribution is 0.201. The molecule has 0 bridgehead atoms. The van der Waals surface area contributed by atoms with E-state index in [4.69, 9.17) is 9.47 Å². The maximum absolute atomic E-state index is 10.5. The number of aliphatic hydroxyl groups excluding tert-OH is 1. The van der Waals surface area contributed by atoms with Crippen molar-refractivity contribution in [2.24, 2.45) is 0 Å². The monoisotopic (exact) mass is 262 g/mol. The summed E-state index contributed by atoms with van der Waals surface area (Å²) in [5.41, 5.74) is 1.39. The highest BCUT2D eigenvalue weighted by molar-refractivity contribution is 5.49. The number of nitrogens with zero attached hydrogens (tertiary/aromatic N) is 2. The van der Waals surface area contributed by atoms with Crippen molar-refractivity contribution in [3.8, 4) is 11.5 Å². The van der Waals surface area contributed by atoms with Crippen molar-refractivity contribution in [1.82, 2.24) is 9.78 Å². The number of ether oxygens (including phenoxy) is 2. The molecule has 5 heteroatoms. The van der Waals surface area contributed by atoms with Crippen LogP contribution in [-0.2, 0) is 6.54 Å². The van der Waals surface area contributed by atoms with Gasteiger partial charge in [0.1, 0.15) is 6.10 Å². The largest absolute Gasteiger partial charge is 0.493 e. The topological polar surface area (TPSA) is 56.5 Å². The molecule has 1 N–H and O–H groups in total. The highest BCUT2D eigenvalue weighted by atomic mass is 16.5. The molecule has 1 aromatic heterocycles. The number of aryl methyl sites for hydroxylation is 1. The third-order valence-corrected chi connectivity index (χ3v) is 3.06. The lowest BCUT2D eigenvalue weighted by Gasteiger charge is -2.17. The summed E-state index contributed by atoms with van der Waals surface area (Å²) in [6.45, 7) is 2.68. The summed E-state index contributed by atoms with van der Waals surface area (Å²) in [6, 6.07) is 7.24. The van der Waals surface area contributed by atoms with Gasteiger partial charge in [0.2, 0.25) is 0 Å². The predicted octanol–water partition coefficient (Wildman–Crippen LogP) is 2.00. The van der Waals surface area contributed by atoms with Gasteiger partial charge in [0.25, 0.3) is 0 Å². The average Bonchev–Trinajstić information content (AvgIpc) is 2.93. The molecule has 0 aliphatic rings. The van der Waals surface area contributed by atoms with E-state index in [9.17, 15) is 5.11 Å². The maximum Gasteiger partial charge on any atom is 0.166 e. The van der Waals surface area contributed by atoms with Gasteiger partial charge in [-0.25, -0.2) is 0 Å². The summed E-state index contributed by atoms with van der Waals surface area (Å²) in [4.78, 5) is 0. The van der Waals surface area contributed by atoms with Gasteiger partial charge in [0.15, 0.2) is 11.5 Å². The zero-order chi connectivity index (χ0) is 13.8. The first-order valence-electron chi connectivity index (χ1n) is 6.13. The Morgan fingerprint density at radius 2 is 2.05 bits per heavy atom.